The van der Waals surface area contributed by atoms with Gasteiger partial charge in [0.1, 0.15) is 11.6 Å². The summed E-state index contributed by atoms with van der Waals surface area (Å²) in [6.07, 6.45) is 1.36. The molecule has 0 spiro atoms. The summed E-state index contributed by atoms with van der Waals surface area (Å²) < 4.78 is 0. The first kappa shape index (κ1) is 11.1. The quantitative estimate of drug-likeness (QED) is 0.465. The maximum Gasteiger partial charge on any atom is 0.140 e. The van der Waals surface area contributed by atoms with Crippen LogP contribution >= 0.6 is 0 Å². The van der Waals surface area contributed by atoms with Crippen LogP contribution in [-0.4, -0.2) is 11.6 Å². The van der Waals surface area contributed by atoms with Crippen LogP contribution in [0.1, 0.15) is 33.6 Å². The smallest absolute Gasteiger partial charge is 0.140 e. The molecule has 0 aromatic heterocycles. The van der Waals surface area contributed by atoms with Crippen molar-refractivity contribution < 1.29 is 9.59 Å². The molecule has 0 atom stereocenters. The number of Topliss-reactive ketones (excluding diaryl/α,β-unsaturated/α-hetero) is 2. The molecule has 12 heavy (non-hydrogen) atoms. The van der Waals surface area contributed by atoms with E-state index >= 15 is 0 Å². The van der Waals surface area contributed by atoms with Crippen molar-refractivity contribution in [3.05, 3.63) is 12.2 Å². The van der Waals surface area contributed by atoms with Crippen LogP contribution in [0.5, 0.6) is 0 Å². The van der Waals surface area contributed by atoms with Gasteiger partial charge in [-0.2, -0.15) is 0 Å². The van der Waals surface area contributed by atoms with Crippen molar-refractivity contribution in [2.75, 3.05) is 0 Å². The molecule has 0 N–H and O–H groups in total. The van der Waals surface area contributed by atoms with Gasteiger partial charge in [0.25, 0.3) is 0 Å². The minimum absolute atomic E-state index is 0.0382. The summed E-state index contributed by atoms with van der Waals surface area (Å²) in [7, 11) is 0. The molecule has 0 unspecified atom stereocenters. The zero-order valence-corrected chi connectivity index (χ0v) is 8.02. The van der Waals surface area contributed by atoms with Gasteiger partial charge in [-0.25, -0.2) is 0 Å². The highest BCUT2D eigenvalue weighted by Crippen LogP contribution is 2.12. The summed E-state index contributed by atoms with van der Waals surface area (Å²) in [5.41, 5.74) is 1.02. The maximum absolute atomic E-state index is 10.9. The number of carbonyl (C=O) groups excluding carboxylic acids is 2. The van der Waals surface area contributed by atoms with Gasteiger partial charge in [0.2, 0.25) is 0 Å². The number of hydrogen-bond acceptors (Lipinski definition) is 2. The molecule has 0 aromatic carbocycles. The van der Waals surface area contributed by atoms with Gasteiger partial charge in [0.15, 0.2) is 0 Å². The maximum atomic E-state index is 10.9. The van der Waals surface area contributed by atoms with Crippen LogP contribution in [-0.2, 0) is 9.59 Å². The first-order chi connectivity index (χ1) is 5.45. The lowest BCUT2D eigenvalue weighted by molar-refractivity contribution is -0.130. The molecule has 68 valence electrons. The summed E-state index contributed by atoms with van der Waals surface area (Å²) in [4.78, 5) is 21.9. The zero-order valence-electron chi connectivity index (χ0n) is 8.02. The SMILES string of the molecule is C=C(C)CCC(C(C)=O)C(C)=O. The van der Waals surface area contributed by atoms with Crippen molar-refractivity contribution in [3.63, 3.8) is 0 Å². The van der Waals surface area contributed by atoms with Crippen LogP contribution in [0.25, 0.3) is 0 Å². The summed E-state index contributed by atoms with van der Waals surface area (Å²) >= 11 is 0. The number of ketones is 2. The molecule has 0 aromatic rings. The summed E-state index contributed by atoms with van der Waals surface area (Å²) in [6.45, 7) is 8.55. The van der Waals surface area contributed by atoms with E-state index in [1.165, 1.54) is 13.8 Å². The molecule has 0 saturated carbocycles. The number of allylic oxidation sites excluding steroid dienone is 1. The van der Waals surface area contributed by atoms with Gasteiger partial charge in [0.05, 0.1) is 5.92 Å². The van der Waals surface area contributed by atoms with Crippen molar-refractivity contribution in [1.82, 2.24) is 0 Å². The largest absolute Gasteiger partial charge is 0.299 e. The fraction of sp³-hybridized carbons (Fsp3) is 0.600. The average Bonchev–Trinajstić information content (AvgIpc) is 1.84. The standard InChI is InChI=1S/C10H16O2/c1-7(2)5-6-10(8(3)11)9(4)12/h10H,1,5-6H2,2-4H3. The minimum atomic E-state index is -0.415. The van der Waals surface area contributed by atoms with Gasteiger partial charge < -0.3 is 0 Å². The fourth-order valence-electron chi connectivity index (χ4n) is 1.08. The lowest BCUT2D eigenvalue weighted by Crippen LogP contribution is -2.19. The second-order valence-electron chi connectivity index (χ2n) is 3.27. The Labute approximate surface area is 73.7 Å². The lowest BCUT2D eigenvalue weighted by Gasteiger charge is -2.08. The van der Waals surface area contributed by atoms with Gasteiger partial charge in [0, 0.05) is 0 Å². The Morgan fingerprint density at radius 3 is 1.83 bits per heavy atom. The third-order valence-corrected chi connectivity index (χ3v) is 1.84. The molecule has 0 aliphatic carbocycles. The predicted octanol–water partition coefficient (Wildman–Crippen LogP) is 2.14. The fourth-order valence-corrected chi connectivity index (χ4v) is 1.08. The van der Waals surface area contributed by atoms with Gasteiger partial charge in [-0.15, -0.1) is 6.58 Å². The Morgan fingerprint density at radius 1 is 1.17 bits per heavy atom. The van der Waals surface area contributed by atoms with E-state index < -0.39 is 5.92 Å². The van der Waals surface area contributed by atoms with Gasteiger partial charge >= 0.3 is 0 Å². The van der Waals surface area contributed by atoms with Gasteiger partial charge in [-0.1, -0.05) is 5.57 Å². The number of rotatable bonds is 5. The molecule has 0 rings (SSSR count). The van der Waals surface area contributed by atoms with Crippen molar-refractivity contribution in [1.29, 1.82) is 0 Å². The summed E-state index contributed by atoms with van der Waals surface area (Å²) in [6, 6.07) is 0. The van der Waals surface area contributed by atoms with Crippen molar-refractivity contribution in [2.45, 2.75) is 33.6 Å². The molecular formula is C10H16O2. The van der Waals surface area contributed by atoms with E-state index in [0.717, 1.165) is 12.0 Å². The van der Waals surface area contributed by atoms with Crippen LogP contribution in [0.15, 0.2) is 12.2 Å². The molecular weight excluding hydrogens is 152 g/mol. The van der Waals surface area contributed by atoms with E-state index in [2.05, 4.69) is 6.58 Å². The molecule has 0 aliphatic heterocycles. The third kappa shape index (κ3) is 4.06. The number of carbonyl (C=O) groups is 2. The second kappa shape index (κ2) is 4.86. The van der Waals surface area contributed by atoms with Gasteiger partial charge in [-0.05, 0) is 33.6 Å². The molecule has 2 heteroatoms. The van der Waals surface area contributed by atoms with Crippen molar-refractivity contribution in [2.24, 2.45) is 5.92 Å². The molecule has 0 fully saturated rings. The number of hydrogen-bond donors (Lipinski definition) is 0. The van der Waals surface area contributed by atoms with Crippen molar-refractivity contribution in [3.8, 4) is 0 Å². The Balaban J connectivity index is 4.06. The second-order valence-corrected chi connectivity index (χ2v) is 3.27. The monoisotopic (exact) mass is 168 g/mol. The Kier molecular flexibility index (Phi) is 4.49. The van der Waals surface area contributed by atoms with Gasteiger partial charge in [-0.3, -0.25) is 9.59 Å². The molecule has 0 bridgehead atoms. The highest BCUT2D eigenvalue weighted by atomic mass is 16.1. The van der Waals surface area contributed by atoms with Crippen LogP contribution in [0, 0.1) is 5.92 Å². The Morgan fingerprint density at radius 2 is 1.58 bits per heavy atom. The molecule has 2 nitrogen and oxygen atoms in total. The van der Waals surface area contributed by atoms with Crippen LogP contribution in [0.2, 0.25) is 0 Å². The zero-order chi connectivity index (χ0) is 9.72. The van der Waals surface area contributed by atoms with Crippen molar-refractivity contribution >= 4 is 11.6 Å². The third-order valence-electron chi connectivity index (χ3n) is 1.84. The van der Waals surface area contributed by atoms with E-state index in [1.807, 2.05) is 6.92 Å². The van der Waals surface area contributed by atoms with Crippen LogP contribution < -0.4 is 0 Å². The minimum Gasteiger partial charge on any atom is -0.299 e. The highest BCUT2D eigenvalue weighted by Gasteiger charge is 2.18. The lowest BCUT2D eigenvalue weighted by atomic mass is 9.94. The average molecular weight is 168 g/mol. The molecule has 0 radical (unpaired) electrons. The van der Waals surface area contributed by atoms with E-state index in [4.69, 9.17) is 0 Å². The summed E-state index contributed by atoms with van der Waals surface area (Å²) in [5.74, 6) is -0.491. The van der Waals surface area contributed by atoms with E-state index in [-0.39, 0.29) is 11.6 Å². The Hall–Kier alpha value is -0.920. The van der Waals surface area contributed by atoms with Crippen LogP contribution in [0.4, 0.5) is 0 Å². The Bertz CT molecular complexity index is 190. The molecule has 0 saturated heterocycles. The van der Waals surface area contributed by atoms with E-state index in [9.17, 15) is 9.59 Å². The normalized spacial score (nSPS) is 10.0. The first-order valence-electron chi connectivity index (χ1n) is 4.10. The highest BCUT2D eigenvalue weighted by molar-refractivity contribution is 6.00. The molecule has 0 aliphatic rings. The molecule has 0 amide bonds. The van der Waals surface area contributed by atoms with E-state index in [1.54, 1.807) is 0 Å². The van der Waals surface area contributed by atoms with Crippen LogP contribution in [0.3, 0.4) is 0 Å². The predicted molar refractivity (Wildman–Crippen MR) is 48.9 cm³/mol. The first-order valence-corrected chi connectivity index (χ1v) is 4.10. The summed E-state index contributed by atoms with van der Waals surface area (Å²) in [5, 5.41) is 0. The molecule has 0 heterocycles. The van der Waals surface area contributed by atoms with E-state index in [0.29, 0.717) is 6.42 Å². The topological polar surface area (TPSA) is 34.1 Å².